The van der Waals surface area contributed by atoms with Gasteiger partial charge in [0, 0.05) is 12.1 Å². The van der Waals surface area contributed by atoms with Gasteiger partial charge in [0.2, 0.25) is 0 Å². The molecule has 0 saturated heterocycles. The first-order valence-electron chi connectivity index (χ1n) is 8.62. The average molecular weight is 401 g/mol. The number of nitriles is 1. The first-order chi connectivity index (χ1) is 13.9. The lowest BCUT2D eigenvalue weighted by Crippen LogP contribution is -2.36. The third-order valence-electron chi connectivity index (χ3n) is 4.64. The molecule has 2 atom stereocenters. The number of carbonyl (C=O) groups excluding carboxylic acids is 1. The number of nitrogens with zero attached hydrogens (tertiary/aromatic N) is 3. The van der Waals surface area contributed by atoms with E-state index < -0.39 is 24.2 Å². The molecule has 0 bridgehead atoms. The van der Waals surface area contributed by atoms with Gasteiger partial charge in [0.25, 0.3) is 5.91 Å². The lowest BCUT2D eigenvalue weighted by Gasteiger charge is -2.32. The van der Waals surface area contributed by atoms with Gasteiger partial charge in [-0.05, 0) is 36.4 Å². The van der Waals surface area contributed by atoms with E-state index in [1.165, 1.54) is 30.5 Å². The van der Waals surface area contributed by atoms with Crippen LogP contribution in [0.1, 0.15) is 40.2 Å². The van der Waals surface area contributed by atoms with E-state index in [1.54, 1.807) is 12.1 Å². The Hall–Kier alpha value is -3.74. The number of hydrogen-bond donors (Lipinski definition) is 2. The summed E-state index contributed by atoms with van der Waals surface area (Å²) in [6.45, 7) is 0. The molecular weight excluding hydrogens is 387 g/mol. The number of furan rings is 1. The van der Waals surface area contributed by atoms with Crippen molar-refractivity contribution in [2.45, 2.75) is 24.7 Å². The number of anilines is 2. The van der Waals surface area contributed by atoms with Gasteiger partial charge >= 0.3 is 6.18 Å². The van der Waals surface area contributed by atoms with Gasteiger partial charge in [-0.3, -0.25) is 4.79 Å². The Kier molecular flexibility index (Phi) is 4.50. The second-order valence-corrected chi connectivity index (χ2v) is 6.50. The molecule has 0 aliphatic carbocycles. The summed E-state index contributed by atoms with van der Waals surface area (Å²) in [7, 11) is 0. The van der Waals surface area contributed by atoms with Gasteiger partial charge in [0.15, 0.2) is 6.04 Å². The molecule has 4 rings (SSSR count). The Morgan fingerprint density at radius 1 is 1.31 bits per heavy atom. The molecule has 10 heteroatoms. The van der Waals surface area contributed by atoms with Crippen molar-refractivity contribution in [3.8, 4) is 6.07 Å². The minimum atomic E-state index is -4.55. The standard InChI is InChI=1S/C19H14F3N5O2/c20-19(21,22)16-8-14(15-2-1-7-29-15)26-17-13(10-24-27(16)17)18(28)25-12-5-3-11(9-23)4-6-12/h1-7,10,14,16,26H,8H2,(H,25,28)/t14-,16+/m1/s1. The molecule has 0 saturated carbocycles. The second-order valence-electron chi connectivity index (χ2n) is 6.50. The van der Waals surface area contributed by atoms with Crippen LogP contribution in [-0.4, -0.2) is 21.9 Å². The van der Waals surface area contributed by atoms with Crippen molar-refractivity contribution in [1.82, 2.24) is 9.78 Å². The van der Waals surface area contributed by atoms with Gasteiger partial charge in [-0.25, -0.2) is 4.68 Å². The SMILES string of the molecule is N#Cc1ccc(NC(=O)c2cnn3c2N[C@@H](c2ccco2)C[C@H]3C(F)(F)F)cc1. The van der Waals surface area contributed by atoms with Crippen molar-refractivity contribution in [3.05, 3.63) is 65.7 Å². The number of carbonyl (C=O) groups is 1. The van der Waals surface area contributed by atoms with E-state index in [4.69, 9.17) is 9.68 Å². The zero-order valence-electron chi connectivity index (χ0n) is 14.8. The van der Waals surface area contributed by atoms with Gasteiger partial charge in [-0.2, -0.15) is 23.5 Å². The van der Waals surface area contributed by atoms with Crippen LogP contribution in [0.5, 0.6) is 0 Å². The molecule has 3 heterocycles. The van der Waals surface area contributed by atoms with Crippen molar-refractivity contribution in [1.29, 1.82) is 5.26 Å². The first-order valence-corrected chi connectivity index (χ1v) is 8.62. The van der Waals surface area contributed by atoms with E-state index >= 15 is 0 Å². The van der Waals surface area contributed by atoms with E-state index in [0.717, 1.165) is 10.9 Å². The number of hydrogen-bond acceptors (Lipinski definition) is 5. The van der Waals surface area contributed by atoms with Crippen molar-refractivity contribution < 1.29 is 22.4 Å². The summed E-state index contributed by atoms with van der Waals surface area (Å²) >= 11 is 0. The largest absolute Gasteiger partial charge is 0.467 e. The molecule has 2 aromatic heterocycles. The molecule has 1 amide bonds. The fourth-order valence-electron chi connectivity index (χ4n) is 3.23. The lowest BCUT2D eigenvalue weighted by molar-refractivity contribution is -0.174. The van der Waals surface area contributed by atoms with Crippen molar-refractivity contribution in [2.24, 2.45) is 0 Å². The Morgan fingerprint density at radius 2 is 2.07 bits per heavy atom. The van der Waals surface area contributed by atoms with Gasteiger partial charge in [-0.1, -0.05) is 0 Å². The van der Waals surface area contributed by atoms with Crippen LogP contribution >= 0.6 is 0 Å². The van der Waals surface area contributed by atoms with Crippen LogP contribution in [0.4, 0.5) is 24.7 Å². The fourth-order valence-corrected chi connectivity index (χ4v) is 3.23. The van der Waals surface area contributed by atoms with E-state index in [9.17, 15) is 18.0 Å². The van der Waals surface area contributed by atoms with Gasteiger partial charge in [0.1, 0.15) is 17.1 Å². The number of halogens is 3. The normalized spacial score (nSPS) is 18.4. The van der Waals surface area contributed by atoms with Crippen LogP contribution in [-0.2, 0) is 0 Å². The molecule has 0 radical (unpaired) electrons. The molecule has 2 N–H and O–H groups in total. The van der Waals surface area contributed by atoms with Crippen molar-refractivity contribution in [2.75, 3.05) is 10.6 Å². The molecule has 1 aromatic carbocycles. The third-order valence-corrected chi connectivity index (χ3v) is 4.64. The molecule has 3 aromatic rings. The smallest absolute Gasteiger partial charge is 0.410 e. The molecule has 7 nitrogen and oxygen atoms in total. The summed E-state index contributed by atoms with van der Waals surface area (Å²) < 4.78 is 46.9. The quantitative estimate of drug-likeness (QED) is 0.684. The summed E-state index contributed by atoms with van der Waals surface area (Å²) in [4.78, 5) is 12.7. The van der Waals surface area contributed by atoms with Crippen LogP contribution < -0.4 is 10.6 Å². The Balaban J connectivity index is 1.66. The van der Waals surface area contributed by atoms with E-state index in [1.807, 2.05) is 6.07 Å². The topological polar surface area (TPSA) is 95.9 Å². The lowest BCUT2D eigenvalue weighted by atomic mass is 10.0. The Morgan fingerprint density at radius 3 is 2.69 bits per heavy atom. The van der Waals surface area contributed by atoms with Crippen LogP contribution in [0, 0.1) is 11.3 Å². The van der Waals surface area contributed by atoms with Gasteiger partial charge < -0.3 is 15.1 Å². The third kappa shape index (κ3) is 3.54. The van der Waals surface area contributed by atoms with Gasteiger partial charge in [-0.15, -0.1) is 0 Å². The Labute approximate surface area is 162 Å². The fraction of sp³-hybridized carbons (Fsp3) is 0.211. The highest BCUT2D eigenvalue weighted by atomic mass is 19.4. The number of alkyl halides is 3. The van der Waals surface area contributed by atoms with E-state index in [-0.39, 0.29) is 17.8 Å². The number of rotatable bonds is 3. The van der Waals surface area contributed by atoms with Crippen LogP contribution in [0.25, 0.3) is 0 Å². The second kappa shape index (κ2) is 7.01. The van der Waals surface area contributed by atoms with Gasteiger partial charge in [0.05, 0.1) is 30.1 Å². The summed E-state index contributed by atoms with van der Waals surface area (Å²) in [6, 6.07) is 8.57. The van der Waals surface area contributed by atoms with Crippen LogP contribution in [0.15, 0.2) is 53.3 Å². The maximum absolute atomic E-state index is 13.6. The zero-order valence-corrected chi connectivity index (χ0v) is 14.8. The molecule has 29 heavy (non-hydrogen) atoms. The minimum Gasteiger partial charge on any atom is -0.467 e. The van der Waals surface area contributed by atoms with Crippen LogP contribution in [0.3, 0.4) is 0 Å². The van der Waals surface area contributed by atoms with Crippen LogP contribution in [0.2, 0.25) is 0 Å². The van der Waals surface area contributed by atoms with Crippen molar-refractivity contribution >= 4 is 17.4 Å². The molecular formula is C19H14F3N5O2. The van der Waals surface area contributed by atoms with Crippen molar-refractivity contribution in [3.63, 3.8) is 0 Å². The highest BCUT2D eigenvalue weighted by molar-refractivity contribution is 6.07. The predicted molar refractivity (Wildman–Crippen MR) is 96.1 cm³/mol. The molecule has 148 valence electrons. The molecule has 0 unspecified atom stereocenters. The monoisotopic (exact) mass is 401 g/mol. The van der Waals surface area contributed by atoms with E-state index in [0.29, 0.717) is 17.0 Å². The number of benzene rings is 1. The molecule has 0 fully saturated rings. The van der Waals surface area contributed by atoms with E-state index in [2.05, 4.69) is 15.7 Å². The molecule has 1 aliphatic heterocycles. The summed E-state index contributed by atoms with van der Waals surface area (Å²) in [5.41, 5.74) is 0.793. The number of aromatic nitrogens is 2. The molecule has 1 aliphatic rings. The zero-order chi connectivity index (χ0) is 20.6. The summed E-state index contributed by atoms with van der Waals surface area (Å²) in [6.07, 6.45) is -2.38. The highest BCUT2D eigenvalue weighted by Gasteiger charge is 2.47. The number of amides is 1. The average Bonchev–Trinajstić information content (AvgIpc) is 3.37. The highest BCUT2D eigenvalue weighted by Crippen LogP contribution is 2.44. The number of nitrogens with one attached hydrogen (secondary N) is 2. The minimum absolute atomic E-state index is 0.0279. The summed E-state index contributed by atoms with van der Waals surface area (Å²) in [5.74, 6) is -0.319. The Bertz CT molecular complexity index is 1060. The number of fused-ring (bicyclic) bond motifs is 1. The maximum atomic E-state index is 13.6. The molecule has 0 spiro atoms. The maximum Gasteiger partial charge on any atom is 0.410 e. The first kappa shape index (κ1) is 18.6. The predicted octanol–water partition coefficient (Wildman–Crippen LogP) is 4.26. The summed E-state index contributed by atoms with van der Waals surface area (Å²) in [5, 5.41) is 18.2.